The Morgan fingerprint density at radius 1 is 1.35 bits per heavy atom. The molecule has 0 spiro atoms. The summed E-state index contributed by atoms with van der Waals surface area (Å²) in [7, 11) is 0. The minimum Gasteiger partial charge on any atom is -0.447 e. The summed E-state index contributed by atoms with van der Waals surface area (Å²) < 4.78 is 5.06. The fourth-order valence-corrected chi connectivity index (χ4v) is 2.19. The molecule has 1 aromatic carbocycles. The summed E-state index contributed by atoms with van der Waals surface area (Å²) in [4.78, 5) is 25.2. The molecule has 1 heterocycles. The number of benzene rings is 1. The molecule has 1 N–H and O–H groups in total. The molecule has 0 saturated carbocycles. The molecule has 1 atom stereocenters. The third kappa shape index (κ3) is 2.92. The van der Waals surface area contributed by atoms with Gasteiger partial charge in [-0.15, -0.1) is 0 Å². The van der Waals surface area contributed by atoms with E-state index in [-0.39, 0.29) is 18.0 Å². The molecule has 2 rings (SSSR count). The Labute approximate surface area is 118 Å². The van der Waals surface area contributed by atoms with Crippen molar-refractivity contribution in [3.8, 4) is 0 Å². The molecule has 0 bridgehead atoms. The maximum absolute atomic E-state index is 11.8. The van der Waals surface area contributed by atoms with Crippen molar-refractivity contribution in [1.29, 1.82) is 0 Å². The number of nitrogens with one attached hydrogen (secondary N) is 1. The first-order valence-electron chi connectivity index (χ1n) is 7.01. The van der Waals surface area contributed by atoms with Gasteiger partial charge in [-0.1, -0.05) is 13.8 Å². The molecule has 1 fully saturated rings. The van der Waals surface area contributed by atoms with Gasteiger partial charge in [0.2, 0.25) is 0 Å². The van der Waals surface area contributed by atoms with Crippen LogP contribution >= 0.6 is 0 Å². The Morgan fingerprint density at radius 3 is 2.65 bits per heavy atom. The Balaban J connectivity index is 2.11. The summed E-state index contributed by atoms with van der Waals surface area (Å²) in [5.41, 5.74) is 1.37. The van der Waals surface area contributed by atoms with E-state index in [1.54, 1.807) is 29.2 Å². The van der Waals surface area contributed by atoms with Gasteiger partial charge in [0.05, 0.1) is 6.04 Å². The summed E-state index contributed by atoms with van der Waals surface area (Å²) in [5, 5.41) is 2.82. The second kappa shape index (κ2) is 6.41. The minimum atomic E-state index is -0.319. The van der Waals surface area contributed by atoms with Crippen molar-refractivity contribution in [1.82, 2.24) is 5.32 Å². The normalized spacial score (nSPS) is 18.0. The Kier molecular flexibility index (Phi) is 4.61. The molecule has 0 radical (unpaired) electrons. The van der Waals surface area contributed by atoms with Crippen LogP contribution in [-0.4, -0.2) is 31.2 Å². The highest BCUT2D eigenvalue weighted by molar-refractivity contribution is 5.95. The van der Waals surface area contributed by atoms with Gasteiger partial charge in [-0.25, -0.2) is 4.79 Å². The summed E-state index contributed by atoms with van der Waals surface area (Å²) in [6.45, 7) is 5.12. The maximum atomic E-state index is 11.8. The molecule has 1 aliphatic rings. The van der Waals surface area contributed by atoms with Crippen LogP contribution in [0.15, 0.2) is 24.3 Å². The number of nitrogens with zero attached hydrogens (tertiary/aromatic N) is 1. The Morgan fingerprint density at radius 2 is 2.05 bits per heavy atom. The predicted octanol–water partition coefficient (Wildman–Crippen LogP) is 2.56. The lowest BCUT2D eigenvalue weighted by Crippen LogP contribution is -2.32. The molecule has 5 heteroatoms. The second-order valence-electron chi connectivity index (χ2n) is 4.81. The van der Waals surface area contributed by atoms with Crippen molar-refractivity contribution in [3.63, 3.8) is 0 Å². The van der Waals surface area contributed by atoms with Crippen molar-refractivity contribution in [2.45, 2.75) is 32.7 Å². The number of hydrogen-bond donors (Lipinski definition) is 1. The number of anilines is 1. The molecule has 0 unspecified atom stereocenters. The highest BCUT2D eigenvalue weighted by atomic mass is 16.6. The average Bonchev–Trinajstić information content (AvgIpc) is 2.86. The summed E-state index contributed by atoms with van der Waals surface area (Å²) in [5.74, 6) is -0.0885. The van der Waals surface area contributed by atoms with Gasteiger partial charge in [0.15, 0.2) is 0 Å². The predicted molar refractivity (Wildman–Crippen MR) is 77.0 cm³/mol. The van der Waals surface area contributed by atoms with E-state index in [0.29, 0.717) is 18.7 Å². The third-order valence-corrected chi connectivity index (χ3v) is 3.38. The highest BCUT2D eigenvalue weighted by Gasteiger charge is 2.32. The van der Waals surface area contributed by atoms with Crippen molar-refractivity contribution < 1.29 is 14.3 Å². The fourth-order valence-electron chi connectivity index (χ4n) is 2.19. The molecule has 20 heavy (non-hydrogen) atoms. The van der Waals surface area contributed by atoms with Crippen LogP contribution in [0.1, 0.15) is 37.0 Å². The van der Waals surface area contributed by atoms with Gasteiger partial charge < -0.3 is 10.1 Å². The molecule has 1 aromatic rings. The van der Waals surface area contributed by atoms with Crippen LogP contribution in [0, 0.1) is 0 Å². The van der Waals surface area contributed by atoms with E-state index in [9.17, 15) is 9.59 Å². The van der Waals surface area contributed by atoms with Crippen molar-refractivity contribution in [2.24, 2.45) is 0 Å². The van der Waals surface area contributed by atoms with E-state index >= 15 is 0 Å². The number of rotatable bonds is 5. The van der Waals surface area contributed by atoms with Gasteiger partial charge in [0.1, 0.15) is 6.61 Å². The highest BCUT2D eigenvalue weighted by Crippen LogP contribution is 2.24. The van der Waals surface area contributed by atoms with E-state index in [2.05, 4.69) is 5.32 Å². The van der Waals surface area contributed by atoms with E-state index in [1.807, 2.05) is 13.8 Å². The molecular formula is C15H20N2O3. The number of carbonyl (C=O) groups is 2. The number of carbonyl (C=O) groups excluding carboxylic acids is 2. The number of hydrogen-bond acceptors (Lipinski definition) is 3. The number of ether oxygens (including phenoxy) is 1. The fraction of sp³-hybridized carbons (Fsp3) is 0.467. The monoisotopic (exact) mass is 276 g/mol. The molecule has 0 aromatic heterocycles. The maximum Gasteiger partial charge on any atom is 0.414 e. The van der Waals surface area contributed by atoms with Crippen molar-refractivity contribution in [2.75, 3.05) is 18.1 Å². The zero-order valence-electron chi connectivity index (χ0n) is 11.9. The van der Waals surface area contributed by atoms with Crippen LogP contribution in [-0.2, 0) is 4.74 Å². The van der Waals surface area contributed by atoms with Crippen molar-refractivity contribution in [3.05, 3.63) is 29.8 Å². The largest absolute Gasteiger partial charge is 0.447 e. The molecule has 1 saturated heterocycles. The lowest BCUT2D eigenvalue weighted by molar-refractivity contribution is 0.0953. The topological polar surface area (TPSA) is 58.6 Å². The first-order valence-corrected chi connectivity index (χ1v) is 7.01. The van der Waals surface area contributed by atoms with Crippen LogP contribution in [0.2, 0.25) is 0 Å². The van der Waals surface area contributed by atoms with Gasteiger partial charge >= 0.3 is 6.09 Å². The van der Waals surface area contributed by atoms with Gasteiger partial charge in [0.25, 0.3) is 5.91 Å². The van der Waals surface area contributed by atoms with Gasteiger partial charge in [-0.2, -0.15) is 0 Å². The lowest BCUT2D eigenvalue weighted by Gasteiger charge is -2.20. The number of cyclic esters (lactones) is 1. The quantitative estimate of drug-likeness (QED) is 0.899. The molecule has 0 aliphatic carbocycles. The van der Waals surface area contributed by atoms with Gasteiger partial charge in [0, 0.05) is 17.8 Å². The van der Waals surface area contributed by atoms with Crippen LogP contribution in [0.4, 0.5) is 10.5 Å². The minimum absolute atomic E-state index is 0.0715. The lowest BCUT2D eigenvalue weighted by atomic mass is 10.1. The van der Waals surface area contributed by atoms with Crippen LogP contribution < -0.4 is 10.2 Å². The van der Waals surface area contributed by atoms with E-state index < -0.39 is 0 Å². The van der Waals surface area contributed by atoms with E-state index in [4.69, 9.17) is 4.74 Å². The van der Waals surface area contributed by atoms with Crippen LogP contribution in [0.5, 0.6) is 0 Å². The Hall–Kier alpha value is -2.04. The smallest absolute Gasteiger partial charge is 0.414 e. The standard InChI is InChI=1S/C15H20N2O3/c1-3-9-16-14(18)11-5-7-13(8-6-11)17-12(4-2)10-20-15(17)19/h5-8,12H,3-4,9-10H2,1-2H3,(H,16,18)/t12-/m1/s1. The summed E-state index contributed by atoms with van der Waals surface area (Å²) >= 11 is 0. The van der Waals surface area contributed by atoms with Crippen LogP contribution in [0.3, 0.4) is 0 Å². The number of amides is 2. The first kappa shape index (κ1) is 14.4. The molecular weight excluding hydrogens is 256 g/mol. The van der Waals surface area contributed by atoms with Gasteiger partial charge in [-0.3, -0.25) is 9.69 Å². The van der Waals surface area contributed by atoms with E-state index in [0.717, 1.165) is 18.5 Å². The Bertz CT molecular complexity index is 484. The van der Waals surface area contributed by atoms with Gasteiger partial charge in [-0.05, 0) is 37.1 Å². The summed E-state index contributed by atoms with van der Waals surface area (Å²) in [6.07, 6.45) is 1.42. The molecule has 1 aliphatic heterocycles. The summed E-state index contributed by atoms with van der Waals surface area (Å²) in [6, 6.07) is 7.12. The third-order valence-electron chi connectivity index (χ3n) is 3.38. The SMILES string of the molecule is CCCNC(=O)c1ccc(N2C(=O)OC[C@H]2CC)cc1. The average molecular weight is 276 g/mol. The molecule has 108 valence electrons. The first-order chi connectivity index (χ1) is 9.67. The van der Waals surface area contributed by atoms with E-state index in [1.165, 1.54) is 0 Å². The van der Waals surface area contributed by atoms with Crippen molar-refractivity contribution >= 4 is 17.7 Å². The zero-order valence-corrected chi connectivity index (χ0v) is 11.9. The molecule has 2 amide bonds. The zero-order chi connectivity index (χ0) is 14.5. The van der Waals surface area contributed by atoms with Crippen LogP contribution in [0.25, 0.3) is 0 Å². The molecule has 5 nitrogen and oxygen atoms in total. The second-order valence-corrected chi connectivity index (χ2v) is 4.81.